The average molecular weight is 407 g/mol. The van der Waals surface area contributed by atoms with Crippen molar-refractivity contribution < 1.29 is 24.2 Å². The maximum atomic E-state index is 12.9. The molecule has 0 bridgehead atoms. The number of phenols is 1. The summed E-state index contributed by atoms with van der Waals surface area (Å²) in [6.45, 7) is 5.86. The van der Waals surface area contributed by atoms with Crippen molar-refractivity contribution in [3.05, 3.63) is 77.0 Å². The molecule has 0 saturated carbocycles. The first-order valence-electron chi connectivity index (χ1n) is 9.89. The molecule has 30 heavy (non-hydrogen) atoms. The lowest BCUT2D eigenvalue weighted by Gasteiger charge is -2.15. The van der Waals surface area contributed by atoms with Crippen LogP contribution in [0.4, 0.5) is 0 Å². The van der Waals surface area contributed by atoms with Crippen LogP contribution in [-0.2, 0) is 16.0 Å². The summed E-state index contributed by atoms with van der Waals surface area (Å²) in [5, 5.41) is 10.6. The Morgan fingerprint density at radius 1 is 0.900 bits per heavy atom. The monoisotopic (exact) mass is 407 g/mol. The Kier molecular flexibility index (Phi) is 6.57. The van der Waals surface area contributed by atoms with Gasteiger partial charge in [0.05, 0.1) is 24.5 Å². The van der Waals surface area contributed by atoms with Crippen LogP contribution in [-0.4, -0.2) is 34.8 Å². The Labute approximate surface area is 175 Å². The van der Waals surface area contributed by atoms with E-state index in [9.17, 15) is 14.7 Å². The quantitative estimate of drug-likeness (QED) is 0.581. The van der Waals surface area contributed by atoms with Gasteiger partial charge in [0.2, 0.25) is 0 Å². The summed E-state index contributed by atoms with van der Waals surface area (Å²) in [5.74, 6) is -1.07. The van der Waals surface area contributed by atoms with Gasteiger partial charge in [-0.05, 0) is 44.0 Å². The lowest BCUT2D eigenvalue weighted by atomic mass is 10.0. The summed E-state index contributed by atoms with van der Waals surface area (Å²) in [4.78, 5) is 25.8. The maximum Gasteiger partial charge on any atom is 0.355 e. The number of benzene rings is 2. The lowest BCUT2D eigenvalue weighted by Crippen LogP contribution is -2.15. The van der Waals surface area contributed by atoms with Gasteiger partial charge in [-0.25, -0.2) is 9.59 Å². The second-order valence-corrected chi connectivity index (χ2v) is 6.73. The van der Waals surface area contributed by atoms with Crippen LogP contribution in [0.2, 0.25) is 0 Å². The van der Waals surface area contributed by atoms with Gasteiger partial charge in [-0.2, -0.15) is 0 Å². The van der Waals surface area contributed by atoms with E-state index in [-0.39, 0.29) is 30.2 Å². The Morgan fingerprint density at radius 3 is 2.13 bits per heavy atom. The van der Waals surface area contributed by atoms with Crippen molar-refractivity contribution >= 4 is 11.9 Å². The molecule has 6 nitrogen and oxygen atoms in total. The lowest BCUT2D eigenvalue weighted by molar-refractivity contribution is 0.0513. The fourth-order valence-electron chi connectivity index (χ4n) is 3.54. The number of esters is 2. The van der Waals surface area contributed by atoms with Gasteiger partial charge in [-0.15, -0.1) is 0 Å². The first kappa shape index (κ1) is 21.2. The molecule has 3 aromatic rings. The van der Waals surface area contributed by atoms with Crippen LogP contribution >= 0.6 is 0 Å². The van der Waals surface area contributed by atoms with Crippen LogP contribution in [0.3, 0.4) is 0 Å². The minimum absolute atomic E-state index is 0.00488. The van der Waals surface area contributed by atoms with Gasteiger partial charge >= 0.3 is 11.9 Å². The van der Waals surface area contributed by atoms with Crippen molar-refractivity contribution in [2.45, 2.75) is 27.3 Å². The summed E-state index contributed by atoms with van der Waals surface area (Å²) in [7, 11) is 0. The Bertz CT molecular complexity index is 1050. The van der Waals surface area contributed by atoms with Gasteiger partial charge in [0.25, 0.3) is 0 Å². The molecule has 0 radical (unpaired) electrons. The highest BCUT2D eigenvalue weighted by molar-refractivity contribution is 6.04. The molecule has 3 rings (SSSR count). The van der Waals surface area contributed by atoms with E-state index in [1.165, 1.54) is 0 Å². The second-order valence-electron chi connectivity index (χ2n) is 6.73. The molecule has 0 amide bonds. The number of hydrogen-bond acceptors (Lipinski definition) is 5. The van der Waals surface area contributed by atoms with Crippen molar-refractivity contribution in [2.75, 3.05) is 13.2 Å². The SMILES string of the molecule is CCOC(=O)c1c(C)c(C(=O)OCC)n(Cc2ccccc2)c1-c1ccccc1O. The van der Waals surface area contributed by atoms with Crippen molar-refractivity contribution in [1.82, 2.24) is 4.57 Å². The Balaban J connectivity index is 2.35. The number of carbonyl (C=O) groups excluding carboxylic acids is 2. The summed E-state index contributed by atoms with van der Waals surface area (Å²) < 4.78 is 12.3. The minimum atomic E-state index is -0.550. The third-order valence-electron chi connectivity index (χ3n) is 4.80. The first-order valence-corrected chi connectivity index (χ1v) is 9.89. The number of hydrogen-bond donors (Lipinski definition) is 1. The van der Waals surface area contributed by atoms with E-state index < -0.39 is 11.9 Å². The number of aromatic hydroxyl groups is 1. The van der Waals surface area contributed by atoms with Gasteiger partial charge in [0, 0.05) is 12.1 Å². The van der Waals surface area contributed by atoms with Gasteiger partial charge in [-0.3, -0.25) is 0 Å². The molecule has 0 saturated heterocycles. The van der Waals surface area contributed by atoms with Gasteiger partial charge in [0.15, 0.2) is 0 Å². The molecule has 0 spiro atoms. The third-order valence-corrected chi connectivity index (χ3v) is 4.80. The predicted octanol–water partition coefficient (Wildman–Crippen LogP) is 4.57. The van der Waals surface area contributed by atoms with E-state index in [2.05, 4.69) is 0 Å². The smallest absolute Gasteiger partial charge is 0.355 e. The topological polar surface area (TPSA) is 77.8 Å². The summed E-state index contributed by atoms with van der Waals surface area (Å²) in [6.07, 6.45) is 0. The average Bonchev–Trinajstić information content (AvgIpc) is 3.01. The van der Waals surface area contributed by atoms with Crippen LogP contribution in [0.25, 0.3) is 11.3 Å². The molecule has 0 aliphatic carbocycles. The van der Waals surface area contributed by atoms with Crippen molar-refractivity contribution in [2.24, 2.45) is 0 Å². The molecule has 2 aromatic carbocycles. The largest absolute Gasteiger partial charge is 0.507 e. The normalized spacial score (nSPS) is 10.6. The zero-order chi connectivity index (χ0) is 21.7. The molecule has 1 N–H and O–H groups in total. The number of para-hydroxylation sites is 1. The summed E-state index contributed by atoms with van der Waals surface area (Å²) in [5.41, 5.74) is 2.77. The molecule has 0 atom stereocenters. The maximum absolute atomic E-state index is 12.9. The highest BCUT2D eigenvalue weighted by Gasteiger charge is 2.31. The van der Waals surface area contributed by atoms with E-state index in [0.29, 0.717) is 23.4 Å². The van der Waals surface area contributed by atoms with E-state index >= 15 is 0 Å². The van der Waals surface area contributed by atoms with E-state index in [1.807, 2.05) is 30.3 Å². The molecule has 0 fully saturated rings. The fraction of sp³-hybridized carbons (Fsp3) is 0.250. The van der Waals surface area contributed by atoms with Crippen molar-refractivity contribution in [1.29, 1.82) is 0 Å². The van der Waals surface area contributed by atoms with E-state index in [1.54, 1.807) is 49.6 Å². The Hall–Kier alpha value is -3.54. The molecular formula is C24H25NO5. The zero-order valence-corrected chi connectivity index (χ0v) is 17.3. The number of rotatable bonds is 7. The zero-order valence-electron chi connectivity index (χ0n) is 17.3. The van der Waals surface area contributed by atoms with Crippen LogP contribution in [0.1, 0.15) is 45.8 Å². The molecule has 0 aliphatic heterocycles. The molecule has 1 aromatic heterocycles. The molecular weight excluding hydrogens is 382 g/mol. The van der Waals surface area contributed by atoms with Gasteiger partial charge < -0.3 is 19.1 Å². The molecule has 0 unspecified atom stereocenters. The standard InChI is InChI=1S/C24H25NO5/c1-4-29-23(27)20-16(3)21(24(28)30-5-2)25(15-17-11-7-6-8-12-17)22(20)18-13-9-10-14-19(18)26/h6-14,26H,4-5,15H2,1-3H3. The highest BCUT2D eigenvalue weighted by atomic mass is 16.5. The molecule has 156 valence electrons. The van der Waals surface area contributed by atoms with Crippen LogP contribution in [0.5, 0.6) is 5.75 Å². The third kappa shape index (κ3) is 4.08. The number of phenolic OH excluding ortho intramolecular Hbond substituents is 1. The number of carbonyl (C=O) groups is 2. The highest BCUT2D eigenvalue weighted by Crippen LogP contribution is 2.37. The molecule has 1 heterocycles. The van der Waals surface area contributed by atoms with Crippen molar-refractivity contribution in [3.8, 4) is 17.0 Å². The van der Waals surface area contributed by atoms with Gasteiger partial charge in [-0.1, -0.05) is 42.5 Å². The van der Waals surface area contributed by atoms with Crippen molar-refractivity contribution in [3.63, 3.8) is 0 Å². The number of nitrogens with zero attached hydrogens (tertiary/aromatic N) is 1. The van der Waals surface area contributed by atoms with Crippen LogP contribution < -0.4 is 0 Å². The Morgan fingerprint density at radius 2 is 1.50 bits per heavy atom. The molecule has 6 heteroatoms. The van der Waals surface area contributed by atoms with Crippen LogP contribution in [0.15, 0.2) is 54.6 Å². The fourth-order valence-corrected chi connectivity index (χ4v) is 3.54. The van der Waals surface area contributed by atoms with E-state index in [0.717, 1.165) is 5.56 Å². The van der Waals surface area contributed by atoms with E-state index in [4.69, 9.17) is 9.47 Å². The van der Waals surface area contributed by atoms with Gasteiger partial charge in [0.1, 0.15) is 11.4 Å². The number of ether oxygens (including phenoxy) is 2. The first-order chi connectivity index (χ1) is 14.5. The minimum Gasteiger partial charge on any atom is -0.507 e. The van der Waals surface area contributed by atoms with Crippen LogP contribution in [0, 0.1) is 6.92 Å². The molecule has 0 aliphatic rings. The predicted molar refractivity (Wildman–Crippen MR) is 114 cm³/mol. The summed E-state index contributed by atoms with van der Waals surface area (Å²) >= 11 is 0. The second kappa shape index (κ2) is 9.31. The summed E-state index contributed by atoms with van der Waals surface area (Å²) in [6, 6.07) is 16.3. The number of aromatic nitrogens is 1.